The van der Waals surface area contributed by atoms with Gasteiger partial charge in [0.05, 0.1) is 16.5 Å². The Bertz CT molecular complexity index is 544. The first-order valence-corrected chi connectivity index (χ1v) is 8.37. The van der Waals surface area contributed by atoms with Crippen LogP contribution >= 0.6 is 15.9 Å². The second-order valence-electron chi connectivity index (χ2n) is 4.42. The van der Waals surface area contributed by atoms with Gasteiger partial charge in [-0.05, 0) is 47.0 Å². The first-order valence-electron chi connectivity index (χ1n) is 6.09. The normalized spacial score (nSPS) is 15.5. The first kappa shape index (κ1) is 14.8. The number of halogens is 1. The minimum Gasteiger partial charge on any atom is -0.496 e. The van der Waals surface area contributed by atoms with Crippen LogP contribution in [0.3, 0.4) is 0 Å². The lowest BCUT2D eigenvalue weighted by Gasteiger charge is -2.09. The lowest BCUT2D eigenvalue weighted by atomic mass is 10.3. The highest BCUT2D eigenvalue weighted by molar-refractivity contribution is 9.10. The Morgan fingerprint density at radius 1 is 1.37 bits per heavy atom. The van der Waals surface area contributed by atoms with Crippen LogP contribution in [0.25, 0.3) is 0 Å². The maximum Gasteiger partial charge on any atom is 0.240 e. The lowest BCUT2D eigenvalue weighted by Crippen LogP contribution is -2.32. The van der Waals surface area contributed by atoms with E-state index < -0.39 is 10.0 Å². The number of nitrogens with one attached hydrogen (secondary N) is 2. The monoisotopic (exact) mass is 348 g/mol. The second kappa shape index (κ2) is 6.21. The molecule has 2 rings (SSSR count). The van der Waals surface area contributed by atoms with E-state index in [1.165, 1.54) is 32.1 Å². The van der Waals surface area contributed by atoms with Gasteiger partial charge in [-0.1, -0.05) is 0 Å². The van der Waals surface area contributed by atoms with Crippen molar-refractivity contribution in [3.8, 4) is 5.75 Å². The van der Waals surface area contributed by atoms with Crippen molar-refractivity contribution in [2.75, 3.05) is 20.2 Å². The molecule has 2 N–H and O–H groups in total. The minimum atomic E-state index is -3.46. The zero-order valence-electron chi connectivity index (χ0n) is 10.6. The van der Waals surface area contributed by atoms with Gasteiger partial charge in [0, 0.05) is 19.1 Å². The molecule has 1 aliphatic rings. The maximum absolute atomic E-state index is 12.0. The topological polar surface area (TPSA) is 67.4 Å². The highest BCUT2D eigenvalue weighted by Crippen LogP contribution is 2.27. The Kier molecular flexibility index (Phi) is 4.83. The summed E-state index contributed by atoms with van der Waals surface area (Å²) in [4.78, 5) is 0.228. The van der Waals surface area contributed by atoms with E-state index >= 15 is 0 Å². The average Bonchev–Trinajstić information content (AvgIpc) is 3.18. The van der Waals surface area contributed by atoms with Crippen molar-refractivity contribution in [1.82, 2.24) is 10.0 Å². The van der Waals surface area contributed by atoms with E-state index in [1.54, 1.807) is 6.07 Å². The molecular formula is C12H17BrN2O3S. The third-order valence-electron chi connectivity index (χ3n) is 2.86. The Labute approximate surface area is 121 Å². The van der Waals surface area contributed by atoms with Crippen LogP contribution in [0.2, 0.25) is 0 Å². The fraction of sp³-hybridized carbons (Fsp3) is 0.500. The summed E-state index contributed by atoms with van der Waals surface area (Å²) in [5, 5.41) is 3.25. The van der Waals surface area contributed by atoms with E-state index in [-0.39, 0.29) is 4.90 Å². The molecule has 1 aromatic rings. The zero-order chi connectivity index (χ0) is 13.9. The summed E-state index contributed by atoms with van der Waals surface area (Å²) < 4.78 is 32.4. The van der Waals surface area contributed by atoms with Gasteiger partial charge < -0.3 is 10.1 Å². The predicted octanol–water partition coefficient (Wildman–Crippen LogP) is 1.49. The van der Waals surface area contributed by atoms with Crippen LogP contribution in [0.5, 0.6) is 5.75 Å². The quantitative estimate of drug-likeness (QED) is 0.732. The van der Waals surface area contributed by atoms with Gasteiger partial charge in [0.25, 0.3) is 0 Å². The lowest BCUT2D eigenvalue weighted by molar-refractivity contribution is 0.411. The molecule has 1 saturated carbocycles. The fourth-order valence-electron chi connectivity index (χ4n) is 1.65. The molecular weight excluding hydrogens is 332 g/mol. The highest BCUT2D eigenvalue weighted by atomic mass is 79.9. The van der Waals surface area contributed by atoms with E-state index in [0.717, 1.165) is 0 Å². The van der Waals surface area contributed by atoms with E-state index in [2.05, 4.69) is 26.0 Å². The average molecular weight is 349 g/mol. The summed E-state index contributed by atoms with van der Waals surface area (Å²) in [5.74, 6) is 0.606. The van der Waals surface area contributed by atoms with Gasteiger partial charge in [-0.2, -0.15) is 0 Å². The molecule has 1 aliphatic carbocycles. The van der Waals surface area contributed by atoms with Crippen LogP contribution in [0.1, 0.15) is 12.8 Å². The maximum atomic E-state index is 12.0. The smallest absolute Gasteiger partial charge is 0.240 e. The summed E-state index contributed by atoms with van der Waals surface area (Å²) >= 11 is 3.28. The van der Waals surface area contributed by atoms with Gasteiger partial charge in [-0.15, -0.1) is 0 Å². The zero-order valence-corrected chi connectivity index (χ0v) is 13.1. The molecule has 19 heavy (non-hydrogen) atoms. The van der Waals surface area contributed by atoms with Gasteiger partial charge >= 0.3 is 0 Å². The first-order chi connectivity index (χ1) is 9.03. The molecule has 7 heteroatoms. The second-order valence-corrected chi connectivity index (χ2v) is 7.04. The number of hydrogen-bond donors (Lipinski definition) is 2. The summed E-state index contributed by atoms with van der Waals surface area (Å²) in [7, 11) is -1.92. The van der Waals surface area contributed by atoms with Gasteiger partial charge in [0.2, 0.25) is 10.0 Å². The van der Waals surface area contributed by atoms with Crippen LogP contribution in [-0.2, 0) is 10.0 Å². The van der Waals surface area contributed by atoms with Crippen molar-refractivity contribution < 1.29 is 13.2 Å². The van der Waals surface area contributed by atoms with Gasteiger partial charge in [-0.25, -0.2) is 13.1 Å². The van der Waals surface area contributed by atoms with Gasteiger partial charge in [0.1, 0.15) is 5.75 Å². The number of sulfonamides is 1. The predicted molar refractivity (Wildman–Crippen MR) is 76.9 cm³/mol. The summed E-state index contributed by atoms with van der Waals surface area (Å²) in [5.41, 5.74) is 0. The van der Waals surface area contributed by atoms with Gasteiger partial charge in [0.15, 0.2) is 0 Å². The molecule has 0 heterocycles. The summed E-state index contributed by atoms with van der Waals surface area (Å²) in [6.45, 7) is 1.05. The van der Waals surface area contributed by atoms with Crippen LogP contribution in [0.15, 0.2) is 27.6 Å². The molecule has 5 nitrogen and oxygen atoms in total. The third kappa shape index (κ3) is 4.17. The molecule has 106 valence electrons. The van der Waals surface area contributed by atoms with Crippen LogP contribution in [0, 0.1) is 0 Å². The largest absolute Gasteiger partial charge is 0.496 e. The number of benzene rings is 1. The minimum absolute atomic E-state index is 0.228. The van der Waals surface area contributed by atoms with Crippen molar-refractivity contribution >= 4 is 26.0 Å². The van der Waals surface area contributed by atoms with Crippen molar-refractivity contribution in [2.45, 2.75) is 23.8 Å². The molecule has 0 aliphatic heterocycles. The Hall–Kier alpha value is -0.630. The summed E-state index contributed by atoms with van der Waals surface area (Å²) in [6.07, 6.45) is 2.39. The van der Waals surface area contributed by atoms with Crippen molar-refractivity contribution in [3.63, 3.8) is 0 Å². The molecule has 0 saturated heterocycles. The number of rotatable bonds is 7. The molecule has 0 atom stereocenters. The standard InChI is InChI=1S/C12H17BrN2O3S/c1-18-12-5-4-10(8-11(12)13)19(16,17)15-7-6-14-9-2-3-9/h4-5,8-9,14-15H,2-3,6-7H2,1H3. The van der Waals surface area contributed by atoms with Crippen molar-refractivity contribution in [1.29, 1.82) is 0 Å². The van der Waals surface area contributed by atoms with E-state index in [0.29, 0.717) is 29.4 Å². The molecule has 1 aromatic carbocycles. The Morgan fingerprint density at radius 2 is 2.11 bits per heavy atom. The van der Waals surface area contributed by atoms with E-state index in [9.17, 15) is 8.42 Å². The fourth-order valence-corrected chi connectivity index (χ4v) is 3.40. The Balaban J connectivity index is 1.95. The van der Waals surface area contributed by atoms with Gasteiger partial charge in [-0.3, -0.25) is 0 Å². The third-order valence-corrected chi connectivity index (χ3v) is 4.94. The van der Waals surface area contributed by atoms with Crippen molar-refractivity contribution in [3.05, 3.63) is 22.7 Å². The van der Waals surface area contributed by atoms with E-state index in [4.69, 9.17) is 4.74 Å². The van der Waals surface area contributed by atoms with Crippen molar-refractivity contribution in [2.24, 2.45) is 0 Å². The molecule has 0 spiro atoms. The molecule has 0 amide bonds. The van der Waals surface area contributed by atoms with Crippen LogP contribution < -0.4 is 14.8 Å². The Morgan fingerprint density at radius 3 is 2.68 bits per heavy atom. The highest BCUT2D eigenvalue weighted by Gasteiger charge is 2.20. The molecule has 0 radical (unpaired) electrons. The molecule has 0 bridgehead atoms. The molecule has 1 fully saturated rings. The number of ether oxygens (including phenoxy) is 1. The SMILES string of the molecule is COc1ccc(S(=O)(=O)NCCNC2CC2)cc1Br. The summed E-state index contributed by atoms with van der Waals surface area (Å²) in [6, 6.07) is 5.27. The van der Waals surface area contributed by atoms with Crippen LogP contribution in [-0.4, -0.2) is 34.7 Å². The number of hydrogen-bond acceptors (Lipinski definition) is 4. The number of methoxy groups -OCH3 is 1. The van der Waals surface area contributed by atoms with Crippen LogP contribution in [0.4, 0.5) is 0 Å². The van der Waals surface area contributed by atoms with E-state index in [1.807, 2.05) is 0 Å². The molecule has 0 unspecified atom stereocenters. The molecule has 0 aromatic heterocycles.